The van der Waals surface area contributed by atoms with Gasteiger partial charge in [-0.15, -0.1) is 0 Å². The topological polar surface area (TPSA) is 38.3 Å². The molecule has 0 saturated heterocycles. The van der Waals surface area contributed by atoms with Crippen LogP contribution in [0.1, 0.15) is 44.7 Å². The van der Waals surface area contributed by atoms with Crippen LogP contribution in [-0.2, 0) is 10.2 Å². The third kappa shape index (κ3) is 5.79. The van der Waals surface area contributed by atoms with Crippen LogP contribution in [0, 0.1) is 6.92 Å². The molecule has 0 unspecified atom stereocenters. The van der Waals surface area contributed by atoms with Crippen LogP contribution >= 0.6 is 11.6 Å². The van der Waals surface area contributed by atoms with Crippen LogP contribution in [0.3, 0.4) is 0 Å². The molecule has 2 aromatic rings. The molecule has 4 heteroatoms. The van der Waals surface area contributed by atoms with Crippen molar-refractivity contribution >= 4 is 23.2 Å². The van der Waals surface area contributed by atoms with E-state index in [1.807, 2.05) is 43.3 Å². The van der Waals surface area contributed by atoms with E-state index >= 15 is 0 Å². The van der Waals surface area contributed by atoms with E-state index in [1.165, 1.54) is 0 Å². The van der Waals surface area contributed by atoms with Crippen molar-refractivity contribution in [1.82, 2.24) is 0 Å². The first kappa shape index (κ1) is 19.3. The van der Waals surface area contributed by atoms with Gasteiger partial charge in [0.2, 0.25) is 5.91 Å². The highest BCUT2D eigenvalue weighted by Gasteiger charge is 2.18. The Morgan fingerprint density at radius 3 is 2.56 bits per heavy atom. The van der Waals surface area contributed by atoms with Crippen molar-refractivity contribution in [1.29, 1.82) is 0 Å². The number of halogens is 1. The van der Waals surface area contributed by atoms with Crippen LogP contribution in [0.4, 0.5) is 5.69 Å². The molecular weight excluding hydrogens is 334 g/mol. The Morgan fingerprint density at radius 1 is 1.16 bits per heavy atom. The van der Waals surface area contributed by atoms with E-state index in [2.05, 4.69) is 32.2 Å². The molecule has 0 atom stereocenters. The largest absolute Gasteiger partial charge is 0.494 e. The quantitative estimate of drug-likeness (QED) is 0.667. The molecular formula is C21H26ClNO2. The summed E-state index contributed by atoms with van der Waals surface area (Å²) in [6.45, 7) is 8.85. The fourth-order valence-corrected chi connectivity index (χ4v) is 2.71. The fourth-order valence-electron chi connectivity index (χ4n) is 2.59. The highest BCUT2D eigenvalue weighted by Crippen LogP contribution is 2.29. The first-order chi connectivity index (χ1) is 11.8. The molecule has 0 aliphatic heterocycles. The third-order valence-electron chi connectivity index (χ3n) is 3.96. The summed E-state index contributed by atoms with van der Waals surface area (Å²) in [6, 6.07) is 13.5. The van der Waals surface area contributed by atoms with Crippen LogP contribution < -0.4 is 10.1 Å². The zero-order valence-electron chi connectivity index (χ0n) is 15.4. The minimum absolute atomic E-state index is 0.00702. The number of carbonyl (C=O) groups excluding carboxylic acids is 1. The molecule has 1 amide bonds. The van der Waals surface area contributed by atoms with Gasteiger partial charge in [0.05, 0.1) is 6.61 Å². The van der Waals surface area contributed by atoms with E-state index in [9.17, 15) is 4.79 Å². The number of anilines is 1. The van der Waals surface area contributed by atoms with Gasteiger partial charge in [0.15, 0.2) is 0 Å². The number of nitrogens with one attached hydrogen (secondary N) is 1. The molecule has 0 bridgehead atoms. The van der Waals surface area contributed by atoms with E-state index in [0.29, 0.717) is 19.4 Å². The van der Waals surface area contributed by atoms with Gasteiger partial charge in [-0.25, -0.2) is 0 Å². The SMILES string of the molecule is Cc1cc(OCCCC(=O)Nc2ccccc2C(C)(C)C)ccc1Cl. The van der Waals surface area contributed by atoms with E-state index < -0.39 is 0 Å². The summed E-state index contributed by atoms with van der Waals surface area (Å²) in [5.41, 5.74) is 2.99. The summed E-state index contributed by atoms with van der Waals surface area (Å²) in [5.74, 6) is 0.785. The molecule has 2 aromatic carbocycles. The zero-order chi connectivity index (χ0) is 18.4. The predicted octanol–water partition coefficient (Wildman–Crippen LogP) is 5.74. The lowest BCUT2D eigenvalue weighted by molar-refractivity contribution is -0.116. The Balaban J connectivity index is 1.82. The number of amides is 1. The highest BCUT2D eigenvalue weighted by atomic mass is 35.5. The van der Waals surface area contributed by atoms with Crippen molar-refractivity contribution in [3.63, 3.8) is 0 Å². The maximum atomic E-state index is 12.2. The average molecular weight is 360 g/mol. The second kappa shape index (κ2) is 8.39. The van der Waals surface area contributed by atoms with Gasteiger partial charge < -0.3 is 10.1 Å². The molecule has 1 N–H and O–H groups in total. The number of benzene rings is 2. The fraction of sp³-hybridized carbons (Fsp3) is 0.381. The first-order valence-corrected chi connectivity index (χ1v) is 8.93. The number of rotatable bonds is 6. The number of carbonyl (C=O) groups is 1. The molecule has 0 aromatic heterocycles. The number of aryl methyl sites for hydroxylation is 1. The first-order valence-electron chi connectivity index (χ1n) is 8.55. The van der Waals surface area contributed by atoms with Gasteiger partial charge in [-0.1, -0.05) is 50.6 Å². The highest BCUT2D eigenvalue weighted by molar-refractivity contribution is 6.31. The van der Waals surface area contributed by atoms with Crippen LogP contribution in [0.15, 0.2) is 42.5 Å². The molecule has 0 aliphatic carbocycles. The lowest BCUT2D eigenvalue weighted by atomic mass is 9.86. The minimum atomic E-state index is -0.0145. The van der Waals surface area contributed by atoms with Crippen molar-refractivity contribution in [2.45, 2.75) is 46.0 Å². The van der Waals surface area contributed by atoms with Gasteiger partial charge in [0, 0.05) is 17.1 Å². The summed E-state index contributed by atoms with van der Waals surface area (Å²) in [4.78, 5) is 12.2. The second-order valence-electron chi connectivity index (χ2n) is 7.21. The average Bonchev–Trinajstić information content (AvgIpc) is 2.54. The molecule has 0 spiro atoms. The van der Waals surface area contributed by atoms with E-state index in [4.69, 9.17) is 16.3 Å². The summed E-state index contributed by atoms with van der Waals surface area (Å²) in [7, 11) is 0. The lowest BCUT2D eigenvalue weighted by Gasteiger charge is -2.23. The van der Waals surface area contributed by atoms with Crippen molar-refractivity contribution < 1.29 is 9.53 Å². The lowest BCUT2D eigenvalue weighted by Crippen LogP contribution is -2.18. The second-order valence-corrected chi connectivity index (χ2v) is 7.61. The maximum Gasteiger partial charge on any atom is 0.224 e. The normalized spacial score (nSPS) is 11.2. The molecule has 25 heavy (non-hydrogen) atoms. The van der Waals surface area contributed by atoms with E-state index in [1.54, 1.807) is 0 Å². The Bertz CT molecular complexity index is 735. The Labute approximate surface area is 155 Å². The number of ether oxygens (including phenoxy) is 1. The summed E-state index contributed by atoms with van der Waals surface area (Å²) >= 11 is 6.00. The Kier molecular flexibility index (Phi) is 6.49. The Hall–Kier alpha value is -2.00. The molecule has 0 saturated carbocycles. The van der Waals surface area contributed by atoms with E-state index in [0.717, 1.165) is 27.6 Å². The summed E-state index contributed by atoms with van der Waals surface area (Å²) in [6.07, 6.45) is 1.08. The number of hydrogen-bond acceptors (Lipinski definition) is 2. The smallest absolute Gasteiger partial charge is 0.224 e. The van der Waals surface area contributed by atoms with Gasteiger partial charge in [-0.2, -0.15) is 0 Å². The molecule has 0 fully saturated rings. The number of hydrogen-bond donors (Lipinski definition) is 1. The Morgan fingerprint density at radius 2 is 1.88 bits per heavy atom. The van der Waals surface area contributed by atoms with Crippen molar-refractivity contribution in [2.75, 3.05) is 11.9 Å². The molecule has 134 valence electrons. The van der Waals surface area contributed by atoms with Crippen LogP contribution in [0.2, 0.25) is 5.02 Å². The van der Waals surface area contributed by atoms with Crippen molar-refractivity contribution in [2.24, 2.45) is 0 Å². The monoisotopic (exact) mass is 359 g/mol. The van der Waals surface area contributed by atoms with E-state index in [-0.39, 0.29) is 11.3 Å². The molecule has 0 aliphatic rings. The maximum absolute atomic E-state index is 12.2. The molecule has 0 radical (unpaired) electrons. The molecule has 3 nitrogen and oxygen atoms in total. The zero-order valence-corrected chi connectivity index (χ0v) is 16.1. The van der Waals surface area contributed by atoms with Gasteiger partial charge in [-0.3, -0.25) is 4.79 Å². The van der Waals surface area contributed by atoms with Crippen LogP contribution in [0.25, 0.3) is 0 Å². The van der Waals surface area contributed by atoms with Gasteiger partial charge in [0.25, 0.3) is 0 Å². The third-order valence-corrected chi connectivity index (χ3v) is 4.38. The van der Waals surface area contributed by atoms with Crippen molar-refractivity contribution in [3.8, 4) is 5.75 Å². The summed E-state index contributed by atoms with van der Waals surface area (Å²) in [5, 5.41) is 3.75. The van der Waals surface area contributed by atoms with Gasteiger partial charge >= 0.3 is 0 Å². The minimum Gasteiger partial charge on any atom is -0.494 e. The predicted molar refractivity (Wildman–Crippen MR) is 105 cm³/mol. The van der Waals surface area contributed by atoms with Crippen LogP contribution in [-0.4, -0.2) is 12.5 Å². The van der Waals surface area contributed by atoms with Crippen molar-refractivity contribution in [3.05, 3.63) is 58.6 Å². The standard InChI is InChI=1S/C21H26ClNO2/c1-15-14-16(11-12-18(15)22)25-13-7-10-20(24)23-19-9-6-5-8-17(19)21(2,3)4/h5-6,8-9,11-12,14H,7,10,13H2,1-4H3,(H,23,24). The molecule has 2 rings (SSSR count). The summed E-state index contributed by atoms with van der Waals surface area (Å²) < 4.78 is 5.68. The van der Waals surface area contributed by atoms with Crippen LogP contribution in [0.5, 0.6) is 5.75 Å². The number of para-hydroxylation sites is 1. The van der Waals surface area contributed by atoms with Gasteiger partial charge in [-0.05, 0) is 54.2 Å². The van der Waals surface area contributed by atoms with Gasteiger partial charge in [0.1, 0.15) is 5.75 Å². The molecule has 0 heterocycles.